The van der Waals surface area contributed by atoms with Crippen LogP contribution in [0.15, 0.2) is 35.5 Å². The number of nitrogens with zero attached hydrogens (tertiary/aromatic N) is 5. The van der Waals surface area contributed by atoms with Gasteiger partial charge in [0.15, 0.2) is 0 Å². The number of imidazole rings is 1. The van der Waals surface area contributed by atoms with E-state index in [0.717, 1.165) is 48.7 Å². The van der Waals surface area contributed by atoms with Gasteiger partial charge >= 0.3 is 0 Å². The van der Waals surface area contributed by atoms with Crippen molar-refractivity contribution in [1.29, 1.82) is 0 Å². The van der Waals surface area contributed by atoms with Crippen LogP contribution in [0.2, 0.25) is 0 Å². The zero-order valence-corrected chi connectivity index (χ0v) is 16.4. The summed E-state index contributed by atoms with van der Waals surface area (Å²) >= 11 is 1.60. The molecule has 1 amide bonds. The van der Waals surface area contributed by atoms with Gasteiger partial charge in [0.05, 0.1) is 23.3 Å². The third-order valence-corrected chi connectivity index (χ3v) is 5.75. The van der Waals surface area contributed by atoms with Gasteiger partial charge in [0.25, 0.3) is 5.91 Å². The summed E-state index contributed by atoms with van der Waals surface area (Å²) in [7, 11) is 0. The van der Waals surface area contributed by atoms with E-state index in [1.165, 1.54) is 0 Å². The van der Waals surface area contributed by atoms with E-state index in [0.29, 0.717) is 12.1 Å². The Labute approximate surface area is 162 Å². The van der Waals surface area contributed by atoms with Gasteiger partial charge < -0.3 is 9.47 Å². The highest BCUT2D eigenvalue weighted by atomic mass is 32.1. The molecule has 0 bridgehead atoms. The minimum Gasteiger partial charge on any atom is -0.338 e. The fraction of sp³-hybridized carbons (Fsp3) is 0.400. The molecule has 1 atom stereocenters. The Morgan fingerprint density at radius 1 is 1.30 bits per heavy atom. The number of aromatic nitrogens is 4. The fourth-order valence-corrected chi connectivity index (χ4v) is 4.32. The summed E-state index contributed by atoms with van der Waals surface area (Å²) in [5, 5.41) is 2.06. The molecule has 0 N–H and O–H groups in total. The summed E-state index contributed by atoms with van der Waals surface area (Å²) in [6, 6.07) is 1.97. The van der Waals surface area contributed by atoms with E-state index in [9.17, 15) is 4.79 Å². The van der Waals surface area contributed by atoms with Gasteiger partial charge in [-0.25, -0.2) is 9.97 Å². The van der Waals surface area contributed by atoms with Crippen LogP contribution in [0.25, 0.3) is 0 Å². The fourth-order valence-electron chi connectivity index (χ4n) is 3.77. The summed E-state index contributed by atoms with van der Waals surface area (Å²) in [5.41, 5.74) is 5.52. The number of piperidine rings is 1. The molecule has 0 unspecified atom stereocenters. The monoisotopic (exact) mass is 381 g/mol. The molecule has 1 saturated heterocycles. The molecule has 6 nitrogen and oxygen atoms in total. The average Bonchev–Trinajstić information content (AvgIpc) is 3.34. The summed E-state index contributed by atoms with van der Waals surface area (Å²) in [6.07, 6.45) is 7.58. The van der Waals surface area contributed by atoms with Crippen molar-refractivity contribution in [3.05, 3.63) is 63.9 Å². The Kier molecular flexibility index (Phi) is 5.03. The quantitative estimate of drug-likeness (QED) is 0.695. The maximum absolute atomic E-state index is 13.0. The highest BCUT2D eigenvalue weighted by Gasteiger charge is 2.28. The smallest absolute Gasteiger partial charge is 0.255 e. The molecule has 0 aliphatic carbocycles. The van der Waals surface area contributed by atoms with Crippen molar-refractivity contribution < 1.29 is 4.79 Å². The third kappa shape index (κ3) is 3.78. The van der Waals surface area contributed by atoms with Crippen LogP contribution in [-0.4, -0.2) is 43.4 Å². The molecular weight excluding hydrogens is 358 g/mol. The van der Waals surface area contributed by atoms with Crippen LogP contribution < -0.4 is 0 Å². The number of rotatable bonds is 4. The van der Waals surface area contributed by atoms with Gasteiger partial charge in [-0.15, -0.1) is 11.3 Å². The molecule has 0 radical (unpaired) electrons. The van der Waals surface area contributed by atoms with E-state index < -0.39 is 0 Å². The number of hydrogen-bond acceptors (Lipinski definition) is 5. The Morgan fingerprint density at radius 2 is 2.19 bits per heavy atom. The van der Waals surface area contributed by atoms with Crippen molar-refractivity contribution in [1.82, 2.24) is 24.4 Å². The summed E-state index contributed by atoms with van der Waals surface area (Å²) in [6.45, 7) is 6.13. The van der Waals surface area contributed by atoms with E-state index in [-0.39, 0.29) is 11.8 Å². The minimum absolute atomic E-state index is 0.0716. The van der Waals surface area contributed by atoms with Crippen molar-refractivity contribution in [2.45, 2.75) is 39.2 Å². The van der Waals surface area contributed by atoms with Crippen LogP contribution in [-0.2, 0) is 6.54 Å². The molecular formula is C20H23N5OS. The molecule has 27 heavy (non-hydrogen) atoms. The van der Waals surface area contributed by atoms with Crippen molar-refractivity contribution >= 4 is 17.2 Å². The van der Waals surface area contributed by atoms with E-state index in [2.05, 4.69) is 24.9 Å². The second-order valence-electron chi connectivity index (χ2n) is 7.12. The number of hydrogen-bond donors (Lipinski definition) is 0. The lowest BCUT2D eigenvalue weighted by Gasteiger charge is -2.33. The van der Waals surface area contributed by atoms with E-state index in [4.69, 9.17) is 0 Å². The molecule has 140 valence electrons. The third-order valence-electron chi connectivity index (χ3n) is 5.12. The van der Waals surface area contributed by atoms with E-state index >= 15 is 0 Å². The largest absolute Gasteiger partial charge is 0.338 e. The molecule has 0 saturated carbocycles. The van der Waals surface area contributed by atoms with Gasteiger partial charge in [-0.05, 0) is 38.3 Å². The molecule has 1 aliphatic rings. The minimum atomic E-state index is 0.0716. The number of likely N-dealkylation sites (tertiary alicyclic amines) is 1. The average molecular weight is 382 g/mol. The van der Waals surface area contributed by atoms with Crippen LogP contribution >= 0.6 is 11.3 Å². The lowest BCUT2D eigenvalue weighted by molar-refractivity contribution is 0.0702. The van der Waals surface area contributed by atoms with E-state index in [1.807, 2.05) is 42.7 Å². The van der Waals surface area contributed by atoms with Gasteiger partial charge in [-0.1, -0.05) is 0 Å². The SMILES string of the molecule is Cc1cc(C)c(C(=O)N2CCC[C@@H](c3nccn3Cc3cscn3)C2)cn1. The Balaban J connectivity index is 1.52. The first-order chi connectivity index (χ1) is 13.1. The first-order valence-electron chi connectivity index (χ1n) is 9.22. The van der Waals surface area contributed by atoms with Gasteiger partial charge in [-0.3, -0.25) is 9.78 Å². The van der Waals surface area contributed by atoms with Gasteiger partial charge in [0.2, 0.25) is 0 Å². The van der Waals surface area contributed by atoms with Gasteiger partial charge in [0, 0.05) is 48.7 Å². The van der Waals surface area contributed by atoms with Crippen molar-refractivity contribution in [3.8, 4) is 0 Å². The zero-order valence-electron chi connectivity index (χ0n) is 15.6. The normalized spacial score (nSPS) is 17.3. The molecule has 7 heteroatoms. The van der Waals surface area contributed by atoms with Crippen LogP contribution in [0.4, 0.5) is 0 Å². The maximum atomic E-state index is 13.0. The molecule has 4 rings (SSSR count). The van der Waals surface area contributed by atoms with Gasteiger partial charge in [-0.2, -0.15) is 0 Å². The topological polar surface area (TPSA) is 63.9 Å². The first kappa shape index (κ1) is 17.9. The first-order valence-corrected chi connectivity index (χ1v) is 10.2. The van der Waals surface area contributed by atoms with Crippen molar-refractivity contribution in [2.24, 2.45) is 0 Å². The van der Waals surface area contributed by atoms with Crippen molar-refractivity contribution in [3.63, 3.8) is 0 Å². The van der Waals surface area contributed by atoms with Gasteiger partial charge in [0.1, 0.15) is 5.82 Å². The number of carbonyl (C=O) groups is 1. The summed E-state index contributed by atoms with van der Waals surface area (Å²) in [5.74, 6) is 1.36. The van der Waals surface area contributed by atoms with E-state index in [1.54, 1.807) is 17.5 Å². The molecule has 1 fully saturated rings. The predicted octanol–water partition coefficient (Wildman–Crippen LogP) is 3.42. The standard InChI is InChI=1S/C20H23N5OS/c1-14-8-15(2)22-9-18(14)20(26)25-6-3-4-16(10-25)19-21-5-7-24(19)11-17-12-27-13-23-17/h5,7-9,12-13,16H,3-4,6,10-11H2,1-2H3/t16-/m1/s1. The molecule has 0 spiro atoms. The molecule has 3 aromatic heterocycles. The highest BCUT2D eigenvalue weighted by molar-refractivity contribution is 7.07. The second-order valence-corrected chi connectivity index (χ2v) is 7.84. The summed E-state index contributed by atoms with van der Waals surface area (Å²) < 4.78 is 2.16. The maximum Gasteiger partial charge on any atom is 0.255 e. The number of thiazole rings is 1. The Bertz CT molecular complexity index is 934. The lowest BCUT2D eigenvalue weighted by atomic mass is 9.96. The van der Waals surface area contributed by atoms with Crippen LogP contribution in [0.5, 0.6) is 0 Å². The molecule has 3 aromatic rings. The zero-order chi connectivity index (χ0) is 18.8. The Morgan fingerprint density at radius 3 is 2.96 bits per heavy atom. The number of aryl methyl sites for hydroxylation is 2. The highest BCUT2D eigenvalue weighted by Crippen LogP contribution is 2.27. The number of amides is 1. The molecule has 4 heterocycles. The predicted molar refractivity (Wildman–Crippen MR) is 105 cm³/mol. The van der Waals surface area contributed by atoms with Crippen molar-refractivity contribution in [2.75, 3.05) is 13.1 Å². The summed E-state index contributed by atoms with van der Waals surface area (Å²) in [4.78, 5) is 28.3. The van der Waals surface area contributed by atoms with Crippen LogP contribution in [0, 0.1) is 13.8 Å². The molecule has 1 aliphatic heterocycles. The number of carbonyl (C=O) groups excluding carboxylic acids is 1. The number of pyridine rings is 1. The van der Waals surface area contributed by atoms with Crippen LogP contribution in [0.3, 0.4) is 0 Å². The second kappa shape index (κ2) is 7.60. The Hall–Kier alpha value is -2.54. The lowest BCUT2D eigenvalue weighted by Crippen LogP contribution is -2.40. The molecule has 0 aromatic carbocycles. The van der Waals surface area contributed by atoms with Crippen LogP contribution in [0.1, 0.15) is 51.9 Å².